The Morgan fingerprint density at radius 2 is 1.62 bits per heavy atom. The van der Waals surface area contributed by atoms with Gasteiger partial charge in [-0.2, -0.15) is 0 Å². The Balaban J connectivity index is 1.34. The average molecular weight is 396 g/mol. The molecule has 1 amide bonds. The summed E-state index contributed by atoms with van der Waals surface area (Å²) in [4.78, 5) is 17.1. The van der Waals surface area contributed by atoms with E-state index >= 15 is 0 Å². The van der Waals surface area contributed by atoms with Gasteiger partial charge in [0.05, 0.1) is 20.8 Å². The molecular formula is C23H29N3O3. The fraction of sp³-hybridized carbons (Fsp3) is 0.435. The summed E-state index contributed by atoms with van der Waals surface area (Å²) in [6.45, 7) is 4.21. The first-order chi connectivity index (χ1) is 14.2. The third-order valence-electron chi connectivity index (χ3n) is 5.79. The third kappa shape index (κ3) is 4.48. The highest BCUT2D eigenvalue weighted by Gasteiger charge is 2.21. The Kier molecular flexibility index (Phi) is 5.90. The van der Waals surface area contributed by atoms with E-state index in [0.29, 0.717) is 6.54 Å². The van der Waals surface area contributed by atoms with Gasteiger partial charge >= 0.3 is 0 Å². The van der Waals surface area contributed by atoms with Crippen LogP contribution in [0.1, 0.15) is 24.0 Å². The topological polar surface area (TPSA) is 54.0 Å². The minimum absolute atomic E-state index is 0.0165. The second-order valence-corrected chi connectivity index (χ2v) is 7.73. The van der Waals surface area contributed by atoms with Crippen molar-refractivity contribution in [2.75, 3.05) is 50.6 Å². The number of nitrogens with one attached hydrogen (secondary N) is 1. The monoisotopic (exact) mass is 395 g/mol. The van der Waals surface area contributed by atoms with Crippen LogP contribution in [0.25, 0.3) is 0 Å². The normalized spacial score (nSPS) is 16.4. The van der Waals surface area contributed by atoms with Crippen molar-refractivity contribution in [1.82, 2.24) is 4.90 Å². The maximum atomic E-state index is 12.5. The highest BCUT2D eigenvalue weighted by Crippen LogP contribution is 2.33. The molecule has 6 nitrogen and oxygen atoms in total. The molecule has 0 radical (unpaired) electrons. The number of anilines is 2. The Hall–Kier alpha value is -2.73. The largest absolute Gasteiger partial charge is 0.493 e. The van der Waals surface area contributed by atoms with Crippen LogP contribution in [0.4, 0.5) is 11.4 Å². The molecule has 0 atom stereocenters. The van der Waals surface area contributed by atoms with Crippen molar-refractivity contribution in [1.29, 1.82) is 0 Å². The Bertz CT molecular complexity index is 860. The lowest BCUT2D eigenvalue weighted by Crippen LogP contribution is -2.37. The van der Waals surface area contributed by atoms with Gasteiger partial charge in [-0.25, -0.2) is 0 Å². The molecule has 2 heterocycles. The van der Waals surface area contributed by atoms with Crippen LogP contribution in [0.15, 0.2) is 36.4 Å². The van der Waals surface area contributed by atoms with E-state index < -0.39 is 0 Å². The SMILES string of the molecule is COc1cc2c(cc1OC)CN(CC(=O)Nc1ccc(N3CCCC3)cc1)CC2. The first-order valence-corrected chi connectivity index (χ1v) is 10.3. The summed E-state index contributed by atoms with van der Waals surface area (Å²) < 4.78 is 10.8. The number of rotatable bonds is 6. The van der Waals surface area contributed by atoms with E-state index in [1.54, 1.807) is 14.2 Å². The van der Waals surface area contributed by atoms with Crippen molar-refractivity contribution in [2.24, 2.45) is 0 Å². The number of fused-ring (bicyclic) bond motifs is 1. The first-order valence-electron chi connectivity index (χ1n) is 10.3. The molecule has 6 heteroatoms. The van der Waals surface area contributed by atoms with Gasteiger partial charge in [-0.15, -0.1) is 0 Å². The quantitative estimate of drug-likeness (QED) is 0.813. The fourth-order valence-electron chi connectivity index (χ4n) is 4.21. The van der Waals surface area contributed by atoms with E-state index in [0.717, 1.165) is 49.8 Å². The van der Waals surface area contributed by atoms with Crippen LogP contribution >= 0.6 is 0 Å². The number of hydrogen-bond donors (Lipinski definition) is 1. The second-order valence-electron chi connectivity index (χ2n) is 7.73. The van der Waals surface area contributed by atoms with E-state index in [-0.39, 0.29) is 5.91 Å². The van der Waals surface area contributed by atoms with Gasteiger partial charge in [-0.05, 0) is 66.8 Å². The summed E-state index contributed by atoms with van der Waals surface area (Å²) in [5.74, 6) is 1.51. The number of benzene rings is 2. The molecule has 0 saturated carbocycles. The number of carbonyl (C=O) groups is 1. The average Bonchev–Trinajstić information content (AvgIpc) is 3.28. The molecule has 0 unspecified atom stereocenters. The zero-order chi connectivity index (χ0) is 20.2. The minimum atomic E-state index is 0.0165. The number of nitrogens with zero attached hydrogens (tertiary/aromatic N) is 2. The summed E-state index contributed by atoms with van der Waals surface area (Å²) in [5.41, 5.74) is 4.53. The molecule has 2 aromatic carbocycles. The molecule has 1 saturated heterocycles. The summed E-state index contributed by atoms with van der Waals surface area (Å²) in [6, 6.07) is 12.3. The molecule has 1 N–H and O–H groups in total. The van der Waals surface area contributed by atoms with Gasteiger partial charge in [0.15, 0.2) is 11.5 Å². The second kappa shape index (κ2) is 8.74. The van der Waals surface area contributed by atoms with Gasteiger partial charge in [0.25, 0.3) is 0 Å². The van der Waals surface area contributed by atoms with Gasteiger partial charge in [0, 0.05) is 37.6 Å². The molecule has 1 fully saturated rings. The molecule has 2 aliphatic heterocycles. The molecule has 0 bridgehead atoms. The molecule has 4 rings (SSSR count). The molecule has 0 spiro atoms. The van der Waals surface area contributed by atoms with Crippen LogP contribution in [0.3, 0.4) is 0 Å². The predicted molar refractivity (Wildman–Crippen MR) is 115 cm³/mol. The Morgan fingerprint density at radius 3 is 2.28 bits per heavy atom. The van der Waals surface area contributed by atoms with Crippen molar-refractivity contribution >= 4 is 17.3 Å². The highest BCUT2D eigenvalue weighted by atomic mass is 16.5. The van der Waals surface area contributed by atoms with Crippen molar-refractivity contribution in [3.05, 3.63) is 47.5 Å². The number of hydrogen-bond acceptors (Lipinski definition) is 5. The molecular weight excluding hydrogens is 366 g/mol. The van der Waals surface area contributed by atoms with Gasteiger partial charge in [-0.3, -0.25) is 9.69 Å². The lowest BCUT2D eigenvalue weighted by molar-refractivity contribution is -0.117. The van der Waals surface area contributed by atoms with Crippen LogP contribution in [0.2, 0.25) is 0 Å². The number of amides is 1. The van der Waals surface area contributed by atoms with Crippen LogP contribution in [-0.4, -0.2) is 51.2 Å². The van der Waals surface area contributed by atoms with E-state index in [1.807, 2.05) is 24.3 Å². The van der Waals surface area contributed by atoms with Crippen LogP contribution in [0, 0.1) is 0 Å². The van der Waals surface area contributed by atoms with Gasteiger partial charge < -0.3 is 19.7 Å². The molecule has 0 aromatic heterocycles. The van der Waals surface area contributed by atoms with Gasteiger partial charge in [0.1, 0.15) is 0 Å². The molecule has 154 valence electrons. The summed E-state index contributed by atoms with van der Waals surface area (Å²) in [6.07, 6.45) is 3.42. The summed E-state index contributed by atoms with van der Waals surface area (Å²) >= 11 is 0. The van der Waals surface area contributed by atoms with Crippen molar-refractivity contribution in [3.8, 4) is 11.5 Å². The molecule has 0 aliphatic carbocycles. The lowest BCUT2D eigenvalue weighted by atomic mass is 9.99. The zero-order valence-electron chi connectivity index (χ0n) is 17.2. The Morgan fingerprint density at radius 1 is 0.966 bits per heavy atom. The van der Waals surface area contributed by atoms with E-state index in [9.17, 15) is 4.79 Å². The van der Waals surface area contributed by atoms with E-state index in [1.165, 1.54) is 29.7 Å². The van der Waals surface area contributed by atoms with Crippen molar-refractivity contribution < 1.29 is 14.3 Å². The van der Waals surface area contributed by atoms with Crippen LogP contribution < -0.4 is 19.7 Å². The maximum Gasteiger partial charge on any atom is 0.238 e. The summed E-state index contributed by atoms with van der Waals surface area (Å²) in [7, 11) is 3.30. The van der Waals surface area contributed by atoms with Crippen molar-refractivity contribution in [2.45, 2.75) is 25.8 Å². The minimum Gasteiger partial charge on any atom is -0.493 e. The van der Waals surface area contributed by atoms with Crippen LogP contribution in [0.5, 0.6) is 11.5 Å². The number of carbonyl (C=O) groups excluding carboxylic acids is 1. The molecule has 2 aliphatic rings. The molecule has 2 aromatic rings. The summed E-state index contributed by atoms with van der Waals surface area (Å²) in [5, 5.41) is 3.03. The zero-order valence-corrected chi connectivity index (χ0v) is 17.2. The smallest absolute Gasteiger partial charge is 0.238 e. The third-order valence-corrected chi connectivity index (χ3v) is 5.79. The number of methoxy groups -OCH3 is 2. The first kappa shape index (κ1) is 19.6. The highest BCUT2D eigenvalue weighted by molar-refractivity contribution is 5.92. The lowest BCUT2D eigenvalue weighted by Gasteiger charge is -2.29. The van der Waals surface area contributed by atoms with E-state index in [2.05, 4.69) is 27.2 Å². The van der Waals surface area contributed by atoms with E-state index in [4.69, 9.17) is 9.47 Å². The number of ether oxygens (including phenoxy) is 2. The van der Waals surface area contributed by atoms with Gasteiger partial charge in [-0.1, -0.05) is 0 Å². The van der Waals surface area contributed by atoms with Crippen LogP contribution in [-0.2, 0) is 17.8 Å². The van der Waals surface area contributed by atoms with Gasteiger partial charge in [0.2, 0.25) is 5.91 Å². The van der Waals surface area contributed by atoms with Crippen molar-refractivity contribution in [3.63, 3.8) is 0 Å². The Labute approximate surface area is 172 Å². The molecule has 29 heavy (non-hydrogen) atoms. The maximum absolute atomic E-state index is 12.5. The standard InChI is InChI=1S/C23H29N3O3/c1-28-21-13-17-9-12-25(15-18(17)14-22(21)29-2)16-23(27)24-19-5-7-20(8-6-19)26-10-3-4-11-26/h5-8,13-14H,3-4,9-12,15-16H2,1-2H3,(H,24,27). The predicted octanol–water partition coefficient (Wildman–Crippen LogP) is 3.30. The fourth-order valence-corrected chi connectivity index (χ4v) is 4.21.